The van der Waals surface area contributed by atoms with Crippen molar-refractivity contribution in [2.75, 3.05) is 4.43 Å². The third-order valence-electron chi connectivity index (χ3n) is 3.25. The molecule has 1 atom stereocenters. The second-order valence-corrected chi connectivity index (χ2v) is 6.34. The third kappa shape index (κ3) is 3.83. The molecule has 1 aliphatic rings. The lowest BCUT2D eigenvalue weighted by Crippen LogP contribution is -1.95. The first kappa shape index (κ1) is 16.4. The SMILES string of the molecule is C\C=C/C(=C\C=C\C=C1\C(=O)c2ccccc2C1Br)CI. The van der Waals surface area contributed by atoms with Crippen LogP contribution in [0.4, 0.5) is 0 Å². The monoisotopic (exact) mass is 454 g/mol. The molecular formula is C18H16BrIO. The molecule has 21 heavy (non-hydrogen) atoms. The number of alkyl halides is 2. The van der Waals surface area contributed by atoms with E-state index in [1.807, 2.05) is 55.5 Å². The van der Waals surface area contributed by atoms with Crippen LogP contribution in [0, 0.1) is 0 Å². The van der Waals surface area contributed by atoms with Gasteiger partial charge in [0, 0.05) is 15.6 Å². The van der Waals surface area contributed by atoms with Gasteiger partial charge in [0.05, 0.1) is 4.83 Å². The van der Waals surface area contributed by atoms with E-state index in [4.69, 9.17) is 0 Å². The van der Waals surface area contributed by atoms with E-state index in [1.165, 1.54) is 5.57 Å². The van der Waals surface area contributed by atoms with E-state index in [2.05, 4.69) is 50.7 Å². The maximum Gasteiger partial charge on any atom is 0.190 e. The number of carbonyl (C=O) groups is 1. The number of allylic oxidation sites excluding steroid dienone is 8. The van der Waals surface area contributed by atoms with Crippen molar-refractivity contribution < 1.29 is 4.79 Å². The van der Waals surface area contributed by atoms with Crippen molar-refractivity contribution in [2.24, 2.45) is 0 Å². The van der Waals surface area contributed by atoms with Gasteiger partial charge in [0.2, 0.25) is 0 Å². The Bertz CT molecular complexity index is 653. The van der Waals surface area contributed by atoms with Crippen LogP contribution in [0.5, 0.6) is 0 Å². The Balaban J connectivity index is 2.19. The predicted octanol–water partition coefficient (Wildman–Crippen LogP) is 5.74. The van der Waals surface area contributed by atoms with Crippen LogP contribution in [0.3, 0.4) is 0 Å². The van der Waals surface area contributed by atoms with Gasteiger partial charge in [0.25, 0.3) is 0 Å². The van der Waals surface area contributed by atoms with Crippen molar-refractivity contribution in [1.29, 1.82) is 0 Å². The van der Waals surface area contributed by atoms with Gasteiger partial charge in [0.1, 0.15) is 0 Å². The summed E-state index contributed by atoms with van der Waals surface area (Å²) in [6.07, 6.45) is 12.0. The molecule has 0 aromatic heterocycles. The Morgan fingerprint density at radius 3 is 2.76 bits per heavy atom. The number of benzene rings is 1. The van der Waals surface area contributed by atoms with Crippen molar-refractivity contribution in [2.45, 2.75) is 11.8 Å². The summed E-state index contributed by atoms with van der Waals surface area (Å²) in [6, 6.07) is 7.75. The standard InChI is InChI=1S/C18H16BrIO/c1-2-7-13(12-20)8-3-4-11-16-17(19)14-9-5-6-10-15(14)18(16)21/h2-11,17H,12H2,1H3/b4-3+,7-2-,13-8+,16-11+. The minimum Gasteiger partial charge on any atom is -0.289 e. The van der Waals surface area contributed by atoms with Crippen LogP contribution in [0.1, 0.15) is 27.7 Å². The topological polar surface area (TPSA) is 17.1 Å². The van der Waals surface area contributed by atoms with Gasteiger partial charge in [-0.25, -0.2) is 0 Å². The molecule has 0 saturated heterocycles. The van der Waals surface area contributed by atoms with Gasteiger partial charge in [-0.15, -0.1) is 0 Å². The molecule has 0 bridgehead atoms. The van der Waals surface area contributed by atoms with Crippen LogP contribution < -0.4 is 0 Å². The first-order chi connectivity index (χ1) is 10.2. The van der Waals surface area contributed by atoms with Crippen LogP contribution in [0.25, 0.3) is 0 Å². The first-order valence-corrected chi connectivity index (χ1v) is 9.17. The Morgan fingerprint density at radius 2 is 2.10 bits per heavy atom. The molecule has 0 aliphatic heterocycles. The van der Waals surface area contributed by atoms with E-state index in [0.717, 1.165) is 21.1 Å². The highest BCUT2D eigenvalue weighted by Gasteiger charge is 2.31. The van der Waals surface area contributed by atoms with Gasteiger partial charge >= 0.3 is 0 Å². The van der Waals surface area contributed by atoms with E-state index in [0.29, 0.717) is 0 Å². The number of hydrogen-bond donors (Lipinski definition) is 0. The summed E-state index contributed by atoms with van der Waals surface area (Å²) in [5.41, 5.74) is 3.91. The van der Waals surface area contributed by atoms with Gasteiger partial charge in [-0.3, -0.25) is 4.79 Å². The first-order valence-electron chi connectivity index (χ1n) is 6.72. The highest BCUT2D eigenvalue weighted by molar-refractivity contribution is 14.1. The van der Waals surface area contributed by atoms with Crippen molar-refractivity contribution in [3.8, 4) is 0 Å². The number of Topliss-reactive ketones (excluding diaryl/α,β-unsaturated/α-hetero) is 1. The summed E-state index contributed by atoms with van der Waals surface area (Å²) >= 11 is 5.95. The fraction of sp³-hybridized carbons (Fsp3) is 0.167. The summed E-state index contributed by atoms with van der Waals surface area (Å²) < 4.78 is 0.967. The second-order valence-electron chi connectivity index (χ2n) is 4.66. The average molecular weight is 455 g/mol. The van der Waals surface area contributed by atoms with Crippen LogP contribution in [-0.2, 0) is 0 Å². The zero-order valence-electron chi connectivity index (χ0n) is 11.7. The number of hydrogen-bond acceptors (Lipinski definition) is 1. The second kappa shape index (κ2) is 7.90. The average Bonchev–Trinajstić information content (AvgIpc) is 2.75. The highest BCUT2D eigenvalue weighted by Crippen LogP contribution is 2.41. The van der Waals surface area contributed by atoms with E-state index in [9.17, 15) is 4.79 Å². The molecule has 0 amide bonds. The molecule has 1 aromatic carbocycles. The van der Waals surface area contributed by atoms with E-state index in [-0.39, 0.29) is 10.6 Å². The normalized spacial score (nSPS) is 20.9. The molecular weight excluding hydrogens is 439 g/mol. The maximum atomic E-state index is 12.3. The molecule has 0 spiro atoms. The number of ketones is 1. The third-order valence-corrected chi connectivity index (χ3v) is 5.11. The van der Waals surface area contributed by atoms with Crippen molar-refractivity contribution in [1.82, 2.24) is 0 Å². The Morgan fingerprint density at radius 1 is 1.33 bits per heavy atom. The van der Waals surface area contributed by atoms with E-state index >= 15 is 0 Å². The van der Waals surface area contributed by atoms with E-state index in [1.54, 1.807) is 0 Å². The van der Waals surface area contributed by atoms with Gasteiger partial charge in [-0.05, 0) is 18.1 Å². The van der Waals surface area contributed by atoms with Gasteiger partial charge in [-0.2, -0.15) is 0 Å². The molecule has 0 fully saturated rings. The minimum atomic E-state index is -0.00517. The summed E-state index contributed by atoms with van der Waals surface area (Å²) in [7, 11) is 0. The molecule has 0 N–H and O–H groups in total. The Hall–Kier alpha value is -0.940. The fourth-order valence-corrected chi connectivity index (χ4v) is 3.49. The zero-order chi connectivity index (χ0) is 15.2. The highest BCUT2D eigenvalue weighted by atomic mass is 127. The fourth-order valence-electron chi connectivity index (χ4n) is 2.22. The molecule has 1 aromatic rings. The predicted molar refractivity (Wildman–Crippen MR) is 101 cm³/mol. The van der Waals surface area contributed by atoms with Crippen LogP contribution >= 0.6 is 38.5 Å². The molecule has 108 valence electrons. The molecule has 0 heterocycles. The summed E-state index contributed by atoms with van der Waals surface area (Å²) in [4.78, 5) is 12.3. The molecule has 1 aliphatic carbocycles. The molecule has 3 heteroatoms. The number of fused-ring (bicyclic) bond motifs is 1. The number of carbonyl (C=O) groups excluding carboxylic acids is 1. The minimum absolute atomic E-state index is 0.00517. The van der Waals surface area contributed by atoms with Gasteiger partial charge < -0.3 is 0 Å². The summed E-state index contributed by atoms with van der Waals surface area (Å²) in [5.74, 6) is 0.115. The lowest BCUT2D eigenvalue weighted by molar-refractivity contribution is 0.103. The van der Waals surface area contributed by atoms with Gasteiger partial charge in [0.15, 0.2) is 5.78 Å². The summed E-state index contributed by atoms with van der Waals surface area (Å²) in [6.45, 7) is 2.01. The number of rotatable bonds is 4. The summed E-state index contributed by atoms with van der Waals surface area (Å²) in [5, 5.41) is 0. The number of halogens is 2. The lowest BCUT2D eigenvalue weighted by Gasteiger charge is -2.01. The van der Waals surface area contributed by atoms with Crippen LogP contribution in [0.2, 0.25) is 0 Å². The molecule has 2 rings (SSSR count). The largest absolute Gasteiger partial charge is 0.289 e. The van der Waals surface area contributed by atoms with Crippen molar-refractivity contribution in [3.05, 3.63) is 83.0 Å². The molecule has 0 saturated carbocycles. The maximum absolute atomic E-state index is 12.3. The molecule has 0 radical (unpaired) electrons. The van der Waals surface area contributed by atoms with Gasteiger partial charge in [-0.1, -0.05) is 99.2 Å². The van der Waals surface area contributed by atoms with Crippen molar-refractivity contribution >= 4 is 44.3 Å². The Kier molecular flexibility index (Phi) is 6.18. The van der Waals surface area contributed by atoms with E-state index < -0.39 is 0 Å². The molecule has 1 unspecified atom stereocenters. The van der Waals surface area contributed by atoms with Crippen molar-refractivity contribution in [3.63, 3.8) is 0 Å². The zero-order valence-corrected chi connectivity index (χ0v) is 15.5. The Labute approximate surface area is 147 Å². The van der Waals surface area contributed by atoms with Crippen LogP contribution in [-0.4, -0.2) is 10.2 Å². The lowest BCUT2D eigenvalue weighted by atomic mass is 10.1. The quantitative estimate of drug-likeness (QED) is 0.245. The van der Waals surface area contributed by atoms with Crippen LogP contribution in [0.15, 0.2) is 71.9 Å². The molecule has 1 nitrogen and oxygen atoms in total. The smallest absolute Gasteiger partial charge is 0.190 e.